The van der Waals surface area contributed by atoms with Crippen LogP contribution in [0.25, 0.3) is 0 Å². The highest BCUT2D eigenvalue weighted by atomic mass is 19.1. The lowest BCUT2D eigenvalue weighted by Crippen LogP contribution is -2.42. The number of hydrazone groups is 1. The van der Waals surface area contributed by atoms with Crippen LogP contribution in [0.1, 0.15) is 33.6 Å². The molecule has 1 aromatic carbocycles. The minimum Gasteiger partial charge on any atom is -0.444 e. The zero-order chi connectivity index (χ0) is 22.3. The Balaban J connectivity index is 1.93. The van der Waals surface area contributed by atoms with Gasteiger partial charge in [0.2, 0.25) is 5.71 Å². The van der Waals surface area contributed by atoms with Crippen molar-refractivity contribution in [3.05, 3.63) is 24.0 Å². The molecule has 10 heteroatoms. The number of nitrogens with two attached hydrogens (primary N) is 1. The van der Waals surface area contributed by atoms with Crippen molar-refractivity contribution in [1.82, 2.24) is 4.90 Å². The van der Waals surface area contributed by atoms with E-state index < -0.39 is 17.3 Å². The number of hydrogen-bond acceptors (Lipinski definition) is 7. The van der Waals surface area contributed by atoms with Crippen molar-refractivity contribution in [2.24, 2.45) is 16.8 Å². The Morgan fingerprint density at radius 2 is 2.07 bits per heavy atom. The molecule has 0 aromatic heterocycles. The van der Waals surface area contributed by atoms with Crippen molar-refractivity contribution >= 4 is 29.0 Å². The molecule has 5 N–H and O–H groups in total. The number of rotatable bonds is 6. The van der Waals surface area contributed by atoms with Crippen LogP contribution < -0.4 is 16.5 Å². The van der Waals surface area contributed by atoms with E-state index in [-0.39, 0.29) is 11.8 Å². The highest BCUT2D eigenvalue weighted by Crippen LogP contribution is 2.25. The van der Waals surface area contributed by atoms with Crippen molar-refractivity contribution in [1.29, 1.82) is 10.7 Å². The van der Waals surface area contributed by atoms with Crippen molar-refractivity contribution < 1.29 is 13.9 Å². The van der Waals surface area contributed by atoms with E-state index in [9.17, 15) is 9.18 Å². The number of nitrogens with zero attached hydrogens (tertiary/aromatic N) is 3. The first kappa shape index (κ1) is 22.9. The number of amides is 1. The van der Waals surface area contributed by atoms with E-state index in [0.717, 1.165) is 12.8 Å². The molecule has 162 valence electrons. The topological polar surface area (TPSA) is 140 Å². The van der Waals surface area contributed by atoms with Crippen LogP contribution >= 0.6 is 0 Å². The predicted molar refractivity (Wildman–Crippen MR) is 114 cm³/mol. The second-order valence-electron chi connectivity index (χ2n) is 8.08. The second kappa shape index (κ2) is 9.91. The fourth-order valence-electron chi connectivity index (χ4n) is 2.93. The van der Waals surface area contributed by atoms with Crippen molar-refractivity contribution in [2.75, 3.05) is 30.4 Å². The van der Waals surface area contributed by atoms with Gasteiger partial charge in [-0.2, -0.15) is 10.4 Å². The van der Waals surface area contributed by atoms with E-state index in [4.69, 9.17) is 21.1 Å². The summed E-state index contributed by atoms with van der Waals surface area (Å²) in [5.74, 6) is -0.616. The van der Waals surface area contributed by atoms with Gasteiger partial charge in [-0.15, -0.1) is 0 Å². The van der Waals surface area contributed by atoms with Gasteiger partial charge in [-0.25, -0.2) is 9.18 Å². The molecule has 1 fully saturated rings. The van der Waals surface area contributed by atoms with Gasteiger partial charge in [0.1, 0.15) is 17.5 Å². The summed E-state index contributed by atoms with van der Waals surface area (Å²) >= 11 is 0. The molecule has 0 radical (unpaired) electrons. The first-order chi connectivity index (χ1) is 14.1. The lowest BCUT2D eigenvalue weighted by atomic mass is 9.97. The van der Waals surface area contributed by atoms with Crippen molar-refractivity contribution in [3.63, 3.8) is 0 Å². The molecule has 0 bridgehead atoms. The highest BCUT2D eigenvalue weighted by Gasteiger charge is 2.26. The molecule has 1 aliphatic heterocycles. The third kappa shape index (κ3) is 6.92. The smallest absolute Gasteiger partial charge is 0.410 e. The van der Waals surface area contributed by atoms with Crippen LogP contribution in [0.15, 0.2) is 23.3 Å². The number of carbonyl (C=O) groups is 1. The van der Waals surface area contributed by atoms with E-state index in [0.29, 0.717) is 36.9 Å². The van der Waals surface area contributed by atoms with Gasteiger partial charge < -0.3 is 20.7 Å². The Bertz CT molecular complexity index is 850. The number of piperidine rings is 1. The molecule has 0 atom stereocenters. The van der Waals surface area contributed by atoms with Gasteiger partial charge in [0.05, 0.1) is 11.4 Å². The number of ether oxygens (including phenoxy) is 1. The van der Waals surface area contributed by atoms with Crippen LogP contribution in [0.3, 0.4) is 0 Å². The zero-order valence-electron chi connectivity index (χ0n) is 17.5. The lowest BCUT2D eigenvalue weighted by molar-refractivity contribution is 0.0188. The Labute approximate surface area is 175 Å². The molecule has 0 spiro atoms. The SMILES string of the molecule is CC(C)(C)OC(=O)N1CCC(CNc2ccc(F)cc2N/N=C(\C#N)C(=N)N)CC1. The van der Waals surface area contributed by atoms with Gasteiger partial charge in [-0.05, 0) is 51.7 Å². The lowest BCUT2D eigenvalue weighted by Gasteiger charge is -2.33. The number of nitriles is 1. The fourth-order valence-corrected chi connectivity index (χ4v) is 2.93. The maximum absolute atomic E-state index is 13.6. The van der Waals surface area contributed by atoms with E-state index in [1.54, 1.807) is 17.0 Å². The van der Waals surface area contributed by atoms with Crippen molar-refractivity contribution in [3.8, 4) is 6.07 Å². The molecule has 1 aromatic rings. The number of amidine groups is 1. The number of nitrogens with one attached hydrogen (secondary N) is 3. The average Bonchev–Trinajstić information content (AvgIpc) is 2.66. The standard InChI is InChI=1S/C20H28FN7O2/c1-20(2,3)30-19(29)28-8-6-13(7-9-28)12-25-15-5-4-14(21)10-16(15)26-27-17(11-22)18(23)24/h4-5,10,13,25-26H,6-9,12H2,1-3H3,(H3,23,24)/b27-17+. The molecule has 0 aliphatic carbocycles. The fraction of sp³-hybridized carbons (Fsp3) is 0.500. The number of carbonyl (C=O) groups excluding carboxylic acids is 1. The van der Waals surface area contributed by atoms with E-state index >= 15 is 0 Å². The van der Waals surface area contributed by atoms with E-state index in [1.807, 2.05) is 20.8 Å². The van der Waals surface area contributed by atoms with Gasteiger partial charge in [0.15, 0.2) is 5.84 Å². The molecular formula is C20H28FN7O2. The largest absolute Gasteiger partial charge is 0.444 e. The van der Waals surface area contributed by atoms with Crippen LogP contribution in [0, 0.1) is 28.5 Å². The van der Waals surface area contributed by atoms with Crippen LogP contribution in [-0.4, -0.2) is 47.8 Å². The van der Waals surface area contributed by atoms with E-state index in [1.165, 1.54) is 12.1 Å². The summed E-state index contributed by atoms with van der Waals surface area (Å²) in [7, 11) is 0. The maximum Gasteiger partial charge on any atom is 0.410 e. The third-order valence-electron chi connectivity index (χ3n) is 4.48. The number of benzene rings is 1. The number of halogens is 1. The summed E-state index contributed by atoms with van der Waals surface area (Å²) < 4.78 is 19.1. The van der Waals surface area contributed by atoms with Gasteiger partial charge >= 0.3 is 6.09 Å². The first-order valence-corrected chi connectivity index (χ1v) is 9.68. The molecule has 2 rings (SSSR count). The molecule has 9 nitrogen and oxygen atoms in total. The maximum atomic E-state index is 13.6. The molecule has 30 heavy (non-hydrogen) atoms. The molecule has 1 saturated heterocycles. The monoisotopic (exact) mass is 417 g/mol. The third-order valence-corrected chi connectivity index (χ3v) is 4.48. The first-order valence-electron chi connectivity index (χ1n) is 9.68. The minimum absolute atomic E-state index is 0.292. The minimum atomic E-state index is -0.516. The summed E-state index contributed by atoms with van der Waals surface area (Å²) in [6.07, 6.45) is 1.34. The summed E-state index contributed by atoms with van der Waals surface area (Å²) in [5, 5.41) is 23.2. The normalized spacial score (nSPS) is 15.3. The number of anilines is 2. The quantitative estimate of drug-likeness (QED) is 0.318. The van der Waals surface area contributed by atoms with Crippen LogP contribution in [-0.2, 0) is 4.74 Å². The van der Waals surface area contributed by atoms with Gasteiger partial charge in [-0.1, -0.05) is 0 Å². The Kier molecular flexibility index (Phi) is 7.58. The summed E-state index contributed by atoms with van der Waals surface area (Å²) in [4.78, 5) is 13.9. The molecule has 0 unspecified atom stereocenters. The Hall–Kier alpha value is -3.35. The summed E-state index contributed by atoms with van der Waals surface area (Å²) in [6.45, 7) is 7.39. The molecule has 1 heterocycles. The highest BCUT2D eigenvalue weighted by molar-refractivity contribution is 6.45. The molecule has 1 aliphatic rings. The molecule has 1 amide bonds. The summed E-state index contributed by atoms with van der Waals surface area (Å²) in [6, 6.07) is 5.83. The van der Waals surface area contributed by atoms with E-state index in [2.05, 4.69) is 15.8 Å². The van der Waals surface area contributed by atoms with Gasteiger partial charge in [0.25, 0.3) is 0 Å². The number of likely N-dealkylation sites (tertiary alicyclic amines) is 1. The average molecular weight is 417 g/mol. The summed E-state index contributed by atoms with van der Waals surface area (Å²) in [5.41, 5.74) is 7.98. The van der Waals surface area contributed by atoms with Gasteiger partial charge in [0, 0.05) is 25.7 Å². The van der Waals surface area contributed by atoms with Crippen LogP contribution in [0.5, 0.6) is 0 Å². The number of hydrogen-bond donors (Lipinski definition) is 4. The zero-order valence-corrected chi connectivity index (χ0v) is 17.5. The van der Waals surface area contributed by atoms with Crippen LogP contribution in [0.4, 0.5) is 20.6 Å². The molecule has 0 saturated carbocycles. The van der Waals surface area contributed by atoms with Gasteiger partial charge in [-0.3, -0.25) is 10.8 Å². The predicted octanol–water partition coefficient (Wildman–Crippen LogP) is 3.11. The Morgan fingerprint density at radius 1 is 1.40 bits per heavy atom. The molecular weight excluding hydrogens is 389 g/mol. The Morgan fingerprint density at radius 3 is 2.63 bits per heavy atom. The van der Waals surface area contributed by atoms with Crippen LogP contribution in [0.2, 0.25) is 0 Å². The second-order valence-corrected chi connectivity index (χ2v) is 8.08. The van der Waals surface area contributed by atoms with Crippen molar-refractivity contribution in [2.45, 2.75) is 39.2 Å².